The van der Waals surface area contributed by atoms with Crippen LogP contribution in [0, 0.1) is 86.8 Å². The second-order valence-corrected chi connectivity index (χ2v) is 43.3. The second kappa shape index (κ2) is 40.9. The predicted octanol–water partition coefficient (Wildman–Crippen LogP) is 22.9. The van der Waals surface area contributed by atoms with E-state index in [2.05, 4.69) is 156 Å². The zero-order valence-electron chi connectivity index (χ0n) is 76.6. The van der Waals surface area contributed by atoms with Crippen molar-refractivity contribution in [3.63, 3.8) is 0 Å². The number of aliphatic hydroxyl groups is 11. The molecule has 13 rings (SSSR count). The Balaban J connectivity index is 0.000000166. The van der Waals surface area contributed by atoms with Crippen LogP contribution in [0.15, 0.2) is 165 Å². The van der Waals surface area contributed by atoms with E-state index in [0.29, 0.717) is 119 Å². The molecule has 118 heavy (non-hydrogen) atoms. The van der Waals surface area contributed by atoms with Crippen molar-refractivity contribution < 1.29 is 56.2 Å². The molecule has 11 heteroatoms. The highest BCUT2D eigenvalue weighted by Crippen LogP contribution is 2.64. The van der Waals surface area contributed by atoms with Gasteiger partial charge in [0.1, 0.15) is 0 Å². The van der Waals surface area contributed by atoms with Gasteiger partial charge in [-0.05, 0) is 356 Å². The summed E-state index contributed by atoms with van der Waals surface area (Å²) >= 11 is 0. The second-order valence-electron chi connectivity index (χ2n) is 43.3. The fourth-order valence-corrected chi connectivity index (χ4v) is 26.2. The van der Waals surface area contributed by atoms with E-state index in [9.17, 15) is 56.2 Å². The Labute approximate surface area is 716 Å². The normalized spacial score (nSPS) is 38.5. The first kappa shape index (κ1) is 96.1. The molecule has 0 heterocycles. The Kier molecular flexibility index (Phi) is 33.3. The molecule has 13 saturated carbocycles. The minimum Gasteiger partial charge on any atom is -0.390 e. The molecule has 0 aromatic rings. The predicted molar refractivity (Wildman–Crippen MR) is 488 cm³/mol. The molecule has 23 atom stereocenters. The number of rotatable bonds is 19. The Hall–Kier alpha value is -4.08. The smallest absolute Gasteiger partial charge is 0.0809 e. The maximum atomic E-state index is 10.7. The SMILES string of the molecule is C=C1[C@H](O)CC(=C/C=C2\CCC[C@@]3(C)C2CCC3[C@@H](C)CCCC2(O)CCCC2)C[C@H]1O.C=C1[C@H](O)CC(=C/C=C2\CCC[C@]3(C)/C(=C(\C)CCCC(C)(C)O)CC[C@@H]23)C[C@H]1O.C=C1[C@H](O)CC(=C/C=C2\CCC[C@]3(C)C([C@@H](C)CC)CC[C@@H]23)C[C@H]1O.C=C1[C@H](O)CC(=C/C=C2\CCC[C@]3(C)C([C@H](C)/C=C/[C@@H](C)C(C)(C)O)CC[C@@H]23)C[C@H]1O. The van der Waals surface area contributed by atoms with Crippen LogP contribution in [0.25, 0.3) is 0 Å². The van der Waals surface area contributed by atoms with Crippen LogP contribution in [0.2, 0.25) is 0 Å². The van der Waals surface area contributed by atoms with Crippen LogP contribution in [0.5, 0.6) is 0 Å². The highest BCUT2D eigenvalue weighted by molar-refractivity contribution is 5.38. The summed E-state index contributed by atoms with van der Waals surface area (Å²) in [4.78, 5) is 0. The molecule has 13 aliphatic carbocycles. The van der Waals surface area contributed by atoms with Gasteiger partial charge in [0.05, 0.1) is 65.6 Å². The minimum absolute atomic E-state index is 0.144. The molecule has 4 unspecified atom stereocenters. The summed E-state index contributed by atoms with van der Waals surface area (Å²) < 4.78 is 0. The average Bonchev–Trinajstić information content (AvgIpc) is 1.61. The van der Waals surface area contributed by atoms with E-state index in [1.165, 1.54) is 148 Å². The molecule has 662 valence electrons. The summed E-state index contributed by atoms with van der Waals surface area (Å²) in [5.74, 6) is 7.14. The fraction of sp³-hybridized carbons (Fsp3) is 0.738. The maximum Gasteiger partial charge on any atom is 0.0809 e. The quantitative estimate of drug-likeness (QED) is 0.0546. The van der Waals surface area contributed by atoms with Gasteiger partial charge in [-0.2, -0.15) is 0 Å². The molecule has 11 N–H and O–H groups in total. The van der Waals surface area contributed by atoms with Crippen LogP contribution in [0.3, 0.4) is 0 Å². The zero-order valence-corrected chi connectivity index (χ0v) is 76.6. The fourth-order valence-electron chi connectivity index (χ4n) is 26.2. The summed E-state index contributed by atoms with van der Waals surface area (Å²) in [6.45, 7) is 46.9. The molecule has 0 radical (unpaired) electrons. The monoisotopic (exact) mass is 1630 g/mol. The average molecular weight is 1630 g/mol. The van der Waals surface area contributed by atoms with Gasteiger partial charge in [-0.1, -0.05) is 237 Å². The molecule has 13 fully saturated rings. The standard InChI is InChI=1S/C29H46O3.C28H44O3.C27H42O3.C23H36O2/c1-20(8-6-17-29(32)15-4-5-16-29)24-12-13-25-23(9-7-14-28(24,25)3)11-10-22-18-26(30)21(2)27(31)19-22;1-18(9-10-19(2)27(4,5)31)23-13-14-24-22(8-7-15-28(23,24)6)12-11-21-16-25(29)20(3)26(30)17-21;1-18(8-6-14-26(3,4)30)22-12-13-23-21(9-7-15-27(22,23)5)11-10-20-16-24(28)19(2)25(29)17-20;1-5-15(2)19-10-11-20-18(7-6-12-23(19,20)4)9-8-17-13-21(24)16(3)22(25)14-17/h10-11,20,24-27,30-32H,2,4-9,12-19H2,1,3H3;9-12,18-19,23-26,29-31H,3,7-8,13-17H2,1-2,4-6H3;10-11,23-25,28-30H,2,6-9,12-17H2,1,3-5H3;8-9,15,19-22,24-25H,3,5-7,10-14H2,1-2,4H3/b23-11+;10-9+,22-12+;21-11+,22-18+;18-9+/t20-,24?,25?,26+,27+,28+;18-,19-,23?,24+,25-,26-,28-;23-,24+,25+,27+;15-,19?,20-,21+,22+,23+/m0100/s1. The third-order valence-electron chi connectivity index (χ3n) is 34.2. The van der Waals surface area contributed by atoms with E-state index in [1.54, 1.807) is 33.4 Å². The van der Waals surface area contributed by atoms with Crippen LogP contribution in [-0.4, -0.2) is 122 Å². The van der Waals surface area contributed by atoms with Crippen LogP contribution in [0.1, 0.15) is 347 Å². The van der Waals surface area contributed by atoms with E-state index in [4.69, 9.17) is 0 Å². The number of fused-ring (bicyclic) bond motifs is 4. The Bertz CT molecular complexity index is 3720. The molecule has 11 nitrogen and oxygen atoms in total. The molecule has 0 saturated heterocycles. The van der Waals surface area contributed by atoms with E-state index in [0.717, 1.165) is 103 Å². The topological polar surface area (TPSA) is 223 Å². The van der Waals surface area contributed by atoms with Crippen molar-refractivity contribution in [2.75, 3.05) is 0 Å². The molecule has 0 aromatic heterocycles. The molecular weight excluding hydrogens is 1460 g/mol. The first-order chi connectivity index (χ1) is 55.5. The molecule has 0 bridgehead atoms. The Morgan fingerprint density at radius 2 is 0.771 bits per heavy atom. The maximum absolute atomic E-state index is 10.7. The van der Waals surface area contributed by atoms with E-state index < -0.39 is 60.0 Å². The summed E-state index contributed by atoms with van der Waals surface area (Å²) in [6, 6.07) is 0. The van der Waals surface area contributed by atoms with Gasteiger partial charge in [0.15, 0.2) is 0 Å². The largest absolute Gasteiger partial charge is 0.390 e. The molecule has 0 aromatic carbocycles. The molecule has 0 spiro atoms. The van der Waals surface area contributed by atoms with Crippen molar-refractivity contribution in [3.8, 4) is 0 Å². The van der Waals surface area contributed by atoms with Gasteiger partial charge in [0.2, 0.25) is 0 Å². The Morgan fingerprint density at radius 1 is 0.424 bits per heavy atom. The van der Waals surface area contributed by atoms with Crippen molar-refractivity contribution in [1.82, 2.24) is 0 Å². The molecule has 13 aliphatic rings. The highest BCUT2D eigenvalue weighted by Gasteiger charge is 2.54. The number of hydrogen-bond donors (Lipinski definition) is 11. The lowest BCUT2D eigenvalue weighted by Gasteiger charge is -2.44. The molecule has 0 aliphatic heterocycles. The van der Waals surface area contributed by atoms with Crippen molar-refractivity contribution >= 4 is 0 Å². The van der Waals surface area contributed by atoms with Crippen molar-refractivity contribution in [1.29, 1.82) is 0 Å². The number of allylic oxidation sites excluding steroid dienone is 15. The van der Waals surface area contributed by atoms with Gasteiger partial charge in [0, 0.05) is 5.92 Å². The van der Waals surface area contributed by atoms with Gasteiger partial charge >= 0.3 is 0 Å². The van der Waals surface area contributed by atoms with Crippen LogP contribution < -0.4 is 0 Å². The minimum atomic E-state index is -0.681. The summed E-state index contributed by atoms with van der Waals surface area (Å²) in [7, 11) is 0. The van der Waals surface area contributed by atoms with Crippen LogP contribution in [0.4, 0.5) is 0 Å². The van der Waals surface area contributed by atoms with Gasteiger partial charge in [-0.3, -0.25) is 0 Å². The van der Waals surface area contributed by atoms with Crippen molar-refractivity contribution in [2.45, 2.75) is 413 Å². The number of aliphatic hydroxyl groups excluding tert-OH is 8. The summed E-state index contributed by atoms with van der Waals surface area (Å²) in [5.41, 5.74) is 16.1. The van der Waals surface area contributed by atoms with Crippen molar-refractivity contribution in [3.05, 3.63) is 165 Å². The van der Waals surface area contributed by atoms with Gasteiger partial charge in [-0.15, -0.1) is 0 Å². The molecule has 0 amide bonds. The lowest BCUT2D eigenvalue weighted by Crippen LogP contribution is -2.36. The van der Waals surface area contributed by atoms with Crippen LogP contribution >= 0.6 is 0 Å². The van der Waals surface area contributed by atoms with E-state index in [-0.39, 0.29) is 16.9 Å². The Morgan fingerprint density at radius 3 is 1.14 bits per heavy atom. The van der Waals surface area contributed by atoms with Gasteiger partial charge < -0.3 is 56.2 Å². The van der Waals surface area contributed by atoms with Crippen LogP contribution in [-0.2, 0) is 0 Å². The van der Waals surface area contributed by atoms with Gasteiger partial charge in [0.25, 0.3) is 0 Å². The highest BCUT2D eigenvalue weighted by atomic mass is 16.3. The van der Waals surface area contributed by atoms with Gasteiger partial charge in [-0.25, -0.2) is 0 Å². The zero-order chi connectivity index (χ0) is 86.2. The lowest BCUT2D eigenvalue weighted by molar-refractivity contribution is 0.0318. The number of hydrogen-bond acceptors (Lipinski definition) is 11. The first-order valence-corrected chi connectivity index (χ1v) is 47.8. The van der Waals surface area contributed by atoms with E-state index >= 15 is 0 Å². The van der Waals surface area contributed by atoms with E-state index in [1.807, 2.05) is 27.7 Å². The lowest BCUT2D eigenvalue weighted by atomic mass is 9.60. The summed E-state index contributed by atoms with van der Waals surface area (Å²) in [5, 5.41) is 112. The third kappa shape index (κ3) is 23.1. The molecular formula is C107H168O11. The first-order valence-electron chi connectivity index (χ1n) is 47.8. The van der Waals surface area contributed by atoms with Crippen molar-refractivity contribution in [2.24, 2.45) is 86.8 Å². The third-order valence-corrected chi connectivity index (χ3v) is 34.2. The summed E-state index contributed by atoms with van der Waals surface area (Å²) in [6.07, 6.45) is 59.9.